The predicted molar refractivity (Wildman–Crippen MR) is 108 cm³/mol. The molecular weight excluding hydrogens is 407 g/mol. The number of ether oxygens (including phenoxy) is 1. The molecule has 2 aromatic carbocycles. The summed E-state index contributed by atoms with van der Waals surface area (Å²) >= 11 is 12.2. The lowest BCUT2D eigenvalue weighted by molar-refractivity contribution is 0.331. The van der Waals surface area contributed by atoms with E-state index in [0.717, 1.165) is 25.2 Å². The highest BCUT2D eigenvalue weighted by Crippen LogP contribution is 2.36. The minimum atomic E-state index is -3.80. The van der Waals surface area contributed by atoms with Crippen LogP contribution in [-0.2, 0) is 23.1 Å². The molecule has 0 unspecified atom stereocenters. The maximum absolute atomic E-state index is 12.6. The molecule has 1 heterocycles. The first kappa shape index (κ1) is 20.4. The van der Waals surface area contributed by atoms with Crippen LogP contribution in [0.2, 0.25) is 10.0 Å². The van der Waals surface area contributed by atoms with Gasteiger partial charge in [-0.25, -0.2) is 13.1 Å². The summed E-state index contributed by atoms with van der Waals surface area (Å²) in [5, 5.41) is 0.0287. The average molecular weight is 429 g/mol. The zero-order valence-electron chi connectivity index (χ0n) is 15.0. The SMILES string of the molecule is COc1ccc(S(=O)(=O)NCc2cccc(CN3CCCC3)c2)c(Cl)c1Cl. The number of sulfonamides is 1. The van der Waals surface area contributed by atoms with Crippen molar-refractivity contribution in [2.75, 3.05) is 20.2 Å². The first-order chi connectivity index (χ1) is 12.9. The Bertz CT molecular complexity index is 913. The van der Waals surface area contributed by atoms with Crippen molar-refractivity contribution in [3.63, 3.8) is 0 Å². The van der Waals surface area contributed by atoms with E-state index in [1.165, 1.54) is 37.6 Å². The van der Waals surface area contributed by atoms with Gasteiger partial charge in [0, 0.05) is 13.1 Å². The van der Waals surface area contributed by atoms with Crippen molar-refractivity contribution in [2.45, 2.75) is 30.8 Å². The molecule has 1 N–H and O–H groups in total. The lowest BCUT2D eigenvalue weighted by atomic mass is 10.1. The van der Waals surface area contributed by atoms with Crippen molar-refractivity contribution in [1.82, 2.24) is 9.62 Å². The van der Waals surface area contributed by atoms with E-state index in [0.29, 0.717) is 5.75 Å². The lowest BCUT2D eigenvalue weighted by Gasteiger charge is -2.15. The van der Waals surface area contributed by atoms with E-state index in [1.807, 2.05) is 18.2 Å². The third kappa shape index (κ3) is 4.95. The minimum absolute atomic E-state index is 0.0497. The summed E-state index contributed by atoms with van der Waals surface area (Å²) in [5.41, 5.74) is 2.07. The van der Waals surface area contributed by atoms with Crippen LogP contribution >= 0.6 is 23.2 Å². The molecule has 0 aliphatic carbocycles. The van der Waals surface area contributed by atoms with Crippen LogP contribution in [0.4, 0.5) is 0 Å². The molecule has 0 radical (unpaired) electrons. The summed E-state index contributed by atoms with van der Waals surface area (Å²) in [7, 11) is -2.36. The van der Waals surface area contributed by atoms with E-state index in [9.17, 15) is 8.42 Å². The molecule has 0 bridgehead atoms. The highest BCUT2D eigenvalue weighted by molar-refractivity contribution is 7.89. The third-order valence-corrected chi connectivity index (χ3v) is 7.00. The van der Waals surface area contributed by atoms with E-state index in [1.54, 1.807) is 0 Å². The maximum Gasteiger partial charge on any atom is 0.242 e. The number of benzene rings is 2. The van der Waals surface area contributed by atoms with Gasteiger partial charge in [-0.3, -0.25) is 4.90 Å². The highest BCUT2D eigenvalue weighted by Gasteiger charge is 2.21. The molecule has 0 aromatic heterocycles. The molecule has 1 saturated heterocycles. The van der Waals surface area contributed by atoms with Crippen LogP contribution in [0, 0.1) is 0 Å². The molecule has 1 fully saturated rings. The number of methoxy groups -OCH3 is 1. The van der Waals surface area contributed by atoms with E-state index >= 15 is 0 Å². The monoisotopic (exact) mass is 428 g/mol. The Labute approximate surface area is 170 Å². The summed E-state index contributed by atoms with van der Waals surface area (Å²) in [6, 6.07) is 10.8. The summed E-state index contributed by atoms with van der Waals surface area (Å²) in [6.07, 6.45) is 2.48. The Hall–Kier alpha value is -1.31. The Morgan fingerprint density at radius 2 is 1.78 bits per heavy atom. The molecule has 146 valence electrons. The number of likely N-dealkylation sites (tertiary alicyclic amines) is 1. The van der Waals surface area contributed by atoms with Gasteiger partial charge in [-0.2, -0.15) is 0 Å². The van der Waals surface area contributed by atoms with Crippen molar-refractivity contribution in [3.05, 3.63) is 57.6 Å². The second-order valence-corrected chi connectivity index (χ2v) is 9.01. The number of hydrogen-bond acceptors (Lipinski definition) is 4. The van der Waals surface area contributed by atoms with Gasteiger partial charge in [0.05, 0.1) is 12.1 Å². The van der Waals surface area contributed by atoms with Crippen LogP contribution in [0.25, 0.3) is 0 Å². The fraction of sp³-hybridized carbons (Fsp3) is 0.368. The van der Waals surface area contributed by atoms with Crippen LogP contribution in [0.5, 0.6) is 5.75 Å². The highest BCUT2D eigenvalue weighted by atomic mass is 35.5. The molecule has 0 atom stereocenters. The molecule has 0 amide bonds. The predicted octanol–water partition coefficient (Wildman–Crippen LogP) is 4.08. The van der Waals surface area contributed by atoms with Gasteiger partial charge in [-0.05, 0) is 49.2 Å². The van der Waals surface area contributed by atoms with Crippen LogP contribution in [0.3, 0.4) is 0 Å². The third-order valence-electron chi connectivity index (χ3n) is 4.58. The average Bonchev–Trinajstić information content (AvgIpc) is 3.15. The van der Waals surface area contributed by atoms with E-state index in [2.05, 4.69) is 15.7 Å². The lowest BCUT2D eigenvalue weighted by Crippen LogP contribution is -2.24. The summed E-state index contributed by atoms with van der Waals surface area (Å²) in [5.74, 6) is 0.329. The molecule has 1 aliphatic heterocycles. The van der Waals surface area contributed by atoms with E-state index in [-0.39, 0.29) is 21.5 Å². The van der Waals surface area contributed by atoms with Gasteiger partial charge in [-0.1, -0.05) is 47.5 Å². The van der Waals surface area contributed by atoms with Crippen LogP contribution in [0.15, 0.2) is 41.3 Å². The van der Waals surface area contributed by atoms with Gasteiger partial charge in [0.25, 0.3) is 0 Å². The van der Waals surface area contributed by atoms with Crippen molar-refractivity contribution in [2.24, 2.45) is 0 Å². The van der Waals surface area contributed by atoms with Crippen molar-refractivity contribution in [1.29, 1.82) is 0 Å². The number of nitrogens with zero attached hydrogens (tertiary/aromatic N) is 1. The van der Waals surface area contributed by atoms with Crippen LogP contribution < -0.4 is 9.46 Å². The Morgan fingerprint density at radius 3 is 2.48 bits per heavy atom. The Balaban J connectivity index is 1.71. The molecule has 1 aliphatic rings. The molecular formula is C19H22Cl2N2O3S. The quantitative estimate of drug-likeness (QED) is 0.721. The maximum atomic E-state index is 12.6. The van der Waals surface area contributed by atoms with E-state index < -0.39 is 10.0 Å². The van der Waals surface area contributed by atoms with Gasteiger partial charge in [0.15, 0.2) is 0 Å². The van der Waals surface area contributed by atoms with Gasteiger partial charge < -0.3 is 4.74 Å². The first-order valence-electron chi connectivity index (χ1n) is 8.72. The second kappa shape index (κ2) is 8.80. The molecule has 0 saturated carbocycles. The van der Waals surface area contributed by atoms with E-state index in [4.69, 9.17) is 27.9 Å². The summed E-state index contributed by atoms with van der Waals surface area (Å²) < 4.78 is 32.9. The summed E-state index contributed by atoms with van der Waals surface area (Å²) in [4.78, 5) is 2.34. The Morgan fingerprint density at radius 1 is 1.07 bits per heavy atom. The van der Waals surface area contributed by atoms with Gasteiger partial charge in [0.1, 0.15) is 15.7 Å². The smallest absolute Gasteiger partial charge is 0.242 e. The van der Waals surface area contributed by atoms with Gasteiger partial charge >= 0.3 is 0 Å². The fourth-order valence-electron chi connectivity index (χ4n) is 3.17. The van der Waals surface area contributed by atoms with Crippen molar-refractivity contribution >= 4 is 33.2 Å². The van der Waals surface area contributed by atoms with Gasteiger partial charge in [0.2, 0.25) is 10.0 Å². The van der Waals surface area contributed by atoms with Gasteiger partial charge in [-0.15, -0.1) is 0 Å². The topological polar surface area (TPSA) is 58.6 Å². The molecule has 2 aromatic rings. The van der Waals surface area contributed by atoms with Crippen molar-refractivity contribution in [3.8, 4) is 5.75 Å². The largest absolute Gasteiger partial charge is 0.495 e. The second-order valence-electron chi connectivity index (χ2n) is 6.52. The Kier molecular flexibility index (Phi) is 6.65. The molecule has 27 heavy (non-hydrogen) atoms. The molecule has 3 rings (SSSR count). The summed E-state index contributed by atoms with van der Waals surface area (Å²) in [6.45, 7) is 3.30. The number of halogens is 2. The number of hydrogen-bond donors (Lipinski definition) is 1. The molecule has 8 heteroatoms. The minimum Gasteiger partial charge on any atom is -0.495 e. The first-order valence-corrected chi connectivity index (χ1v) is 11.0. The number of rotatable bonds is 7. The zero-order chi connectivity index (χ0) is 19.4. The zero-order valence-corrected chi connectivity index (χ0v) is 17.4. The van der Waals surface area contributed by atoms with Crippen LogP contribution in [-0.4, -0.2) is 33.5 Å². The van der Waals surface area contributed by atoms with Crippen molar-refractivity contribution < 1.29 is 13.2 Å². The molecule has 5 nitrogen and oxygen atoms in total. The molecule has 0 spiro atoms. The standard InChI is InChI=1S/C19H22Cl2N2O3S/c1-26-16-7-8-17(19(21)18(16)20)27(24,25)22-12-14-5-4-6-15(11-14)13-23-9-2-3-10-23/h4-8,11,22H,2-3,9-10,12-13H2,1H3. The number of nitrogens with one attached hydrogen (secondary N) is 1. The van der Waals surface area contributed by atoms with Crippen LogP contribution in [0.1, 0.15) is 24.0 Å². The normalized spacial score (nSPS) is 15.2. The fourth-order valence-corrected chi connectivity index (χ4v) is 5.03.